The number of anilines is 1. The Morgan fingerprint density at radius 3 is 2.61 bits per heavy atom. The van der Waals surface area contributed by atoms with Gasteiger partial charge in [-0.05, 0) is 56.9 Å². The first-order chi connectivity index (χ1) is 13.4. The molecule has 1 atom stereocenters. The van der Waals surface area contributed by atoms with Crippen molar-refractivity contribution in [3.63, 3.8) is 0 Å². The molecule has 1 aliphatic heterocycles. The normalized spacial score (nSPS) is 21.1. The van der Waals surface area contributed by atoms with Gasteiger partial charge in [0.2, 0.25) is 11.8 Å². The summed E-state index contributed by atoms with van der Waals surface area (Å²) in [5.41, 5.74) is 2.89. The number of nitrogens with zero attached hydrogens (tertiary/aromatic N) is 2. The summed E-state index contributed by atoms with van der Waals surface area (Å²) in [6.45, 7) is 11.0. The second kappa shape index (κ2) is 9.27. The van der Waals surface area contributed by atoms with E-state index in [4.69, 9.17) is 11.6 Å². The van der Waals surface area contributed by atoms with E-state index >= 15 is 0 Å². The molecule has 1 N–H and O–H groups in total. The molecule has 0 aromatic heterocycles. The highest BCUT2D eigenvalue weighted by Crippen LogP contribution is 2.29. The van der Waals surface area contributed by atoms with Gasteiger partial charge in [0, 0.05) is 55.3 Å². The highest BCUT2D eigenvalue weighted by molar-refractivity contribution is 6.31. The van der Waals surface area contributed by atoms with Gasteiger partial charge >= 0.3 is 0 Å². The quantitative estimate of drug-likeness (QED) is 0.805. The fourth-order valence-electron chi connectivity index (χ4n) is 4.39. The van der Waals surface area contributed by atoms with E-state index in [2.05, 4.69) is 29.0 Å². The average Bonchev–Trinajstić information content (AvgIpc) is 3.19. The molecule has 2 amide bonds. The van der Waals surface area contributed by atoms with Gasteiger partial charge in [-0.15, -0.1) is 0 Å². The lowest BCUT2D eigenvalue weighted by Gasteiger charge is -2.41. The van der Waals surface area contributed by atoms with E-state index in [0.29, 0.717) is 10.9 Å². The second-order valence-electron chi connectivity index (χ2n) is 8.13. The van der Waals surface area contributed by atoms with Crippen molar-refractivity contribution in [1.82, 2.24) is 9.80 Å². The van der Waals surface area contributed by atoms with Crippen LogP contribution in [0.5, 0.6) is 0 Å². The van der Waals surface area contributed by atoms with Gasteiger partial charge in [0.05, 0.1) is 0 Å². The minimum absolute atomic E-state index is 0.121. The molecule has 2 fully saturated rings. The zero-order chi connectivity index (χ0) is 20.3. The summed E-state index contributed by atoms with van der Waals surface area (Å²) in [4.78, 5) is 29.0. The van der Waals surface area contributed by atoms with Crippen molar-refractivity contribution < 1.29 is 9.59 Å². The minimum atomic E-state index is -0.121. The van der Waals surface area contributed by atoms with Crippen LogP contribution in [-0.2, 0) is 16.1 Å². The zero-order valence-electron chi connectivity index (χ0n) is 17.0. The van der Waals surface area contributed by atoms with Crippen LogP contribution in [0, 0.1) is 19.8 Å². The molecule has 0 bridgehead atoms. The number of carbonyl (C=O) groups excluding carboxylic acids is 2. The lowest BCUT2D eigenvalue weighted by Crippen LogP contribution is -2.54. The third-order valence-electron chi connectivity index (χ3n) is 6.07. The second-order valence-corrected chi connectivity index (χ2v) is 8.57. The largest absolute Gasteiger partial charge is 0.337 e. The van der Waals surface area contributed by atoms with Crippen LogP contribution in [0.25, 0.3) is 0 Å². The third-order valence-corrected chi connectivity index (χ3v) is 6.29. The first-order valence-corrected chi connectivity index (χ1v) is 10.7. The fraction of sp³-hybridized carbons (Fsp3) is 0.591. The van der Waals surface area contributed by atoms with Crippen LogP contribution < -0.4 is 5.32 Å². The Kier molecular flexibility index (Phi) is 7.00. The van der Waals surface area contributed by atoms with E-state index in [9.17, 15) is 9.59 Å². The lowest BCUT2D eigenvalue weighted by atomic mass is 10.0. The maximum absolute atomic E-state index is 12.8. The van der Waals surface area contributed by atoms with Gasteiger partial charge in [-0.1, -0.05) is 24.4 Å². The monoisotopic (exact) mass is 404 g/mol. The van der Waals surface area contributed by atoms with Gasteiger partial charge in [0.1, 0.15) is 0 Å². The Morgan fingerprint density at radius 1 is 1.25 bits per heavy atom. The molecule has 1 aromatic carbocycles. The van der Waals surface area contributed by atoms with E-state index in [1.54, 1.807) is 6.07 Å². The predicted octanol–water partition coefficient (Wildman–Crippen LogP) is 4.03. The fourth-order valence-corrected chi connectivity index (χ4v) is 4.64. The van der Waals surface area contributed by atoms with Crippen LogP contribution in [0.2, 0.25) is 5.02 Å². The molecule has 0 spiro atoms. The van der Waals surface area contributed by atoms with Crippen LogP contribution in [0.1, 0.15) is 50.2 Å². The average molecular weight is 405 g/mol. The molecule has 1 heterocycles. The van der Waals surface area contributed by atoms with Gasteiger partial charge in [-0.25, -0.2) is 0 Å². The van der Waals surface area contributed by atoms with E-state index in [1.165, 1.54) is 12.8 Å². The highest BCUT2D eigenvalue weighted by Gasteiger charge is 2.33. The molecule has 1 saturated heterocycles. The molecule has 1 saturated carbocycles. The van der Waals surface area contributed by atoms with Crippen molar-refractivity contribution in [3.05, 3.63) is 35.2 Å². The first kappa shape index (κ1) is 21.1. The molecular weight excluding hydrogens is 374 g/mol. The molecule has 1 aliphatic carbocycles. The van der Waals surface area contributed by atoms with Gasteiger partial charge in [-0.3, -0.25) is 14.5 Å². The number of nitrogens with one attached hydrogen (secondary N) is 1. The molecule has 28 heavy (non-hydrogen) atoms. The summed E-state index contributed by atoms with van der Waals surface area (Å²) in [5.74, 6) is 0.467. The molecular formula is C22H31ClN3O2. The number of hydrogen-bond acceptors (Lipinski definition) is 3. The SMILES string of the molecule is [CH2]CC(=O)Nc1cc(Cl)cc(CN2CCN(C(=O)C3CCCC3)[C@@H](C)C2)c1C. The van der Waals surface area contributed by atoms with E-state index in [1.807, 2.05) is 13.0 Å². The molecule has 0 unspecified atom stereocenters. The predicted molar refractivity (Wildman–Crippen MR) is 113 cm³/mol. The molecule has 3 rings (SSSR count). The zero-order valence-corrected chi connectivity index (χ0v) is 17.7. The van der Waals surface area contributed by atoms with Crippen molar-refractivity contribution in [3.8, 4) is 0 Å². The summed E-state index contributed by atoms with van der Waals surface area (Å²) in [7, 11) is 0. The van der Waals surface area contributed by atoms with Crippen LogP contribution in [0.3, 0.4) is 0 Å². The van der Waals surface area contributed by atoms with Crippen molar-refractivity contribution >= 4 is 29.1 Å². The van der Waals surface area contributed by atoms with Crippen molar-refractivity contribution in [2.24, 2.45) is 5.92 Å². The van der Waals surface area contributed by atoms with E-state index < -0.39 is 0 Å². The number of piperazine rings is 1. The minimum Gasteiger partial charge on any atom is -0.337 e. The van der Waals surface area contributed by atoms with Gasteiger partial charge in [0.25, 0.3) is 0 Å². The summed E-state index contributed by atoms with van der Waals surface area (Å²) < 4.78 is 0. The van der Waals surface area contributed by atoms with Crippen LogP contribution >= 0.6 is 11.6 Å². The third kappa shape index (κ3) is 4.87. The lowest BCUT2D eigenvalue weighted by molar-refractivity contribution is -0.140. The van der Waals surface area contributed by atoms with Gasteiger partial charge in [-0.2, -0.15) is 0 Å². The van der Waals surface area contributed by atoms with Crippen LogP contribution in [0.15, 0.2) is 12.1 Å². The maximum atomic E-state index is 12.8. The molecule has 6 heteroatoms. The molecule has 153 valence electrons. The van der Waals surface area contributed by atoms with Crippen molar-refractivity contribution in [1.29, 1.82) is 0 Å². The Labute approximate surface area is 173 Å². The number of benzene rings is 1. The standard InChI is InChI=1S/C22H31ClN3O2/c1-4-21(27)24-20-12-19(23)11-18(16(20)3)14-25-9-10-26(15(2)13-25)22(28)17-7-5-6-8-17/h11-12,15,17H,1,4-10,13-14H2,2-3H3,(H,24,27)/t15-/m0/s1. The summed E-state index contributed by atoms with van der Waals surface area (Å²) in [5, 5.41) is 3.50. The van der Waals surface area contributed by atoms with E-state index in [-0.39, 0.29) is 24.3 Å². The Balaban J connectivity index is 1.65. The van der Waals surface area contributed by atoms with Crippen LogP contribution in [-0.4, -0.2) is 47.3 Å². The molecule has 5 nitrogen and oxygen atoms in total. The van der Waals surface area contributed by atoms with Gasteiger partial charge < -0.3 is 10.2 Å². The van der Waals surface area contributed by atoms with Gasteiger partial charge in [0.15, 0.2) is 0 Å². The summed E-state index contributed by atoms with van der Waals surface area (Å²) in [6.07, 6.45) is 4.66. The molecule has 1 aromatic rings. The van der Waals surface area contributed by atoms with Crippen molar-refractivity contribution in [2.75, 3.05) is 25.0 Å². The van der Waals surface area contributed by atoms with Crippen LogP contribution in [0.4, 0.5) is 5.69 Å². The summed E-state index contributed by atoms with van der Waals surface area (Å²) >= 11 is 6.29. The molecule has 2 aliphatic rings. The number of halogens is 1. The number of amides is 2. The topological polar surface area (TPSA) is 52.7 Å². The maximum Gasteiger partial charge on any atom is 0.226 e. The highest BCUT2D eigenvalue weighted by atomic mass is 35.5. The molecule has 1 radical (unpaired) electrons. The van der Waals surface area contributed by atoms with Crippen molar-refractivity contribution in [2.45, 2.75) is 58.5 Å². The Hall–Kier alpha value is -1.59. The number of hydrogen-bond donors (Lipinski definition) is 1. The summed E-state index contributed by atoms with van der Waals surface area (Å²) in [6, 6.07) is 3.97. The first-order valence-electron chi connectivity index (χ1n) is 10.3. The Bertz CT molecular complexity index is 731. The Morgan fingerprint density at radius 2 is 1.96 bits per heavy atom. The smallest absolute Gasteiger partial charge is 0.226 e. The van der Waals surface area contributed by atoms with E-state index in [0.717, 1.165) is 55.8 Å². The number of rotatable bonds is 5. The number of carbonyl (C=O) groups is 2.